The van der Waals surface area contributed by atoms with Crippen molar-refractivity contribution in [3.8, 4) is 17.1 Å². The lowest BCUT2D eigenvalue weighted by molar-refractivity contribution is 0.111. The van der Waals surface area contributed by atoms with Crippen LogP contribution >= 0.6 is 40.6 Å². The number of nitrogens with zero attached hydrogens (tertiary/aromatic N) is 6. The molecular weight excluding hydrogens is 533 g/mol. The molecule has 5 heterocycles. The molecule has 3 aromatic rings. The second kappa shape index (κ2) is 9.23. The molecule has 7 nitrogen and oxygen atoms in total. The highest BCUT2D eigenvalue weighted by Crippen LogP contribution is 2.55. The lowest BCUT2D eigenvalue weighted by Gasteiger charge is -2.30. The van der Waals surface area contributed by atoms with E-state index in [4.69, 9.17) is 4.98 Å². The van der Waals surface area contributed by atoms with E-state index in [1.54, 1.807) is 24.5 Å². The Hall–Kier alpha value is -2.17. The standard InChI is InChI=1S/C20H16BBrF2N6OS2/c22-17-18(12-5-13-2-3-14(6-12)21(13)10-25)28-19-16(11-1-4-15(9-31)26-7-11)8-27-29(19)20(17)30(32-23)33-24/h1,4,7-9,12-14H,2-3,5-6H2. The predicted octanol–water partition coefficient (Wildman–Crippen LogP) is 6.21. The number of pyridine rings is 1. The van der Waals surface area contributed by atoms with Crippen LogP contribution in [-0.2, 0) is 0 Å². The molecule has 0 aliphatic carbocycles. The largest absolute Gasteiger partial charge is 0.296 e. The van der Waals surface area contributed by atoms with Gasteiger partial charge in [0.1, 0.15) is 5.69 Å². The third-order valence-electron chi connectivity index (χ3n) is 6.74. The number of carbonyl (C=O) groups excluding carboxylic acids is 1. The predicted molar refractivity (Wildman–Crippen MR) is 129 cm³/mol. The van der Waals surface area contributed by atoms with Crippen LogP contribution in [0, 0.1) is 11.2 Å². The minimum atomic E-state index is -0.257. The molecule has 2 unspecified atom stereocenters. The van der Waals surface area contributed by atoms with Crippen molar-refractivity contribution in [1.82, 2.24) is 19.6 Å². The number of nitriles is 1. The van der Waals surface area contributed by atoms with Gasteiger partial charge in [-0.3, -0.25) is 9.78 Å². The van der Waals surface area contributed by atoms with E-state index >= 15 is 0 Å². The van der Waals surface area contributed by atoms with E-state index in [0.717, 1.165) is 29.4 Å². The van der Waals surface area contributed by atoms with E-state index in [9.17, 15) is 17.8 Å². The maximum Gasteiger partial charge on any atom is 0.274 e. The van der Waals surface area contributed by atoms with Crippen molar-refractivity contribution in [2.45, 2.75) is 43.2 Å². The summed E-state index contributed by atoms with van der Waals surface area (Å²) in [6.07, 6.45) is 7.43. The summed E-state index contributed by atoms with van der Waals surface area (Å²) in [5.41, 5.74) is 2.76. The number of aldehydes is 1. The molecule has 2 aliphatic heterocycles. The zero-order valence-corrected chi connectivity index (χ0v) is 20.3. The molecule has 168 valence electrons. The Morgan fingerprint density at radius 1 is 1.24 bits per heavy atom. The van der Waals surface area contributed by atoms with Crippen LogP contribution in [0.4, 0.5) is 13.6 Å². The van der Waals surface area contributed by atoms with Crippen LogP contribution in [0.2, 0.25) is 11.6 Å². The van der Waals surface area contributed by atoms with Gasteiger partial charge in [0.25, 0.3) is 6.71 Å². The summed E-state index contributed by atoms with van der Waals surface area (Å²) in [6, 6.07) is 3.33. The van der Waals surface area contributed by atoms with Gasteiger partial charge in [0, 0.05) is 29.2 Å². The molecule has 2 aliphatic rings. The van der Waals surface area contributed by atoms with Crippen LogP contribution in [0.1, 0.15) is 47.8 Å². The molecule has 0 spiro atoms. The first kappa shape index (κ1) is 22.6. The zero-order valence-electron chi connectivity index (χ0n) is 17.1. The van der Waals surface area contributed by atoms with E-state index in [2.05, 4.69) is 32.0 Å². The van der Waals surface area contributed by atoms with Crippen molar-refractivity contribution in [3.05, 3.63) is 40.4 Å². The topological polar surface area (TPSA) is 87.2 Å². The number of aromatic nitrogens is 4. The van der Waals surface area contributed by atoms with Gasteiger partial charge in [0.2, 0.25) is 0 Å². The Kier molecular flexibility index (Phi) is 6.33. The normalized spacial score (nSPS) is 21.9. The fourth-order valence-electron chi connectivity index (χ4n) is 5.28. The number of anilines is 1. The molecule has 2 saturated heterocycles. The van der Waals surface area contributed by atoms with Crippen LogP contribution in [0.15, 0.2) is 29.0 Å². The molecule has 5 rings (SSSR count). The van der Waals surface area contributed by atoms with E-state index in [-0.39, 0.29) is 43.1 Å². The highest BCUT2D eigenvalue weighted by molar-refractivity contribution is 9.10. The highest BCUT2D eigenvalue weighted by atomic mass is 79.9. The monoisotopic (exact) mass is 548 g/mol. The molecule has 2 bridgehead atoms. The average Bonchev–Trinajstić information content (AvgIpc) is 3.37. The van der Waals surface area contributed by atoms with Crippen LogP contribution in [0.3, 0.4) is 0 Å². The number of halogens is 3. The van der Waals surface area contributed by atoms with Gasteiger partial charge in [0.15, 0.2) is 42.4 Å². The Bertz CT molecular complexity index is 1240. The average molecular weight is 549 g/mol. The second-order valence-electron chi connectivity index (χ2n) is 8.33. The van der Waals surface area contributed by atoms with Crippen LogP contribution in [-0.4, -0.2) is 32.6 Å². The van der Waals surface area contributed by atoms with Crippen molar-refractivity contribution in [3.63, 3.8) is 0 Å². The molecule has 0 N–H and O–H groups in total. The first-order valence-electron chi connectivity index (χ1n) is 10.4. The van der Waals surface area contributed by atoms with Crippen molar-refractivity contribution >= 4 is 65.1 Å². The summed E-state index contributed by atoms with van der Waals surface area (Å²) in [5, 5.41) is 13.9. The quantitative estimate of drug-likeness (QED) is 0.204. The van der Waals surface area contributed by atoms with Gasteiger partial charge in [-0.25, -0.2) is 10.2 Å². The van der Waals surface area contributed by atoms with Gasteiger partial charge >= 0.3 is 0 Å². The molecule has 0 saturated carbocycles. The lowest BCUT2D eigenvalue weighted by atomic mass is 9.34. The van der Waals surface area contributed by atoms with Gasteiger partial charge in [-0.1, -0.05) is 18.9 Å². The first-order valence-corrected chi connectivity index (χ1v) is 12.5. The summed E-state index contributed by atoms with van der Waals surface area (Å²) in [4.78, 5) is 20.0. The Morgan fingerprint density at radius 3 is 2.55 bits per heavy atom. The van der Waals surface area contributed by atoms with Gasteiger partial charge in [0.05, 0.1) is 16.4 Å². The molecule has 3 aromatic heterocycles. The highest BCUT2D eigenvalue weighted by Gasteiger charge is 2.47. The molecule has 2 atom stereocenters. The summed E-state index contributed by atoms with van der Waals surface area (Å²) in [5.74, 6) is 3.33. The molecule has 33 heavy (non-hydrogen) atoms. The smallest absolute Gasteiger partial charge is 0.274 e. The van der Waals surface area contributed by atoms with Crippen molar-refractivity contribution in [1.29, 1.82) is 5.26 Å². The number of hydrogen-bond acceptors (Lipinski definition) is 8. The van der Waals surface area contributed by atoms with Gasteiger partial charge in [-0.05, 0) is 46.5 Å². The minimum absolute atomic E-state index is 0.0552. The maximum absolute atomic E-state index is 13.7. The van der Waals surface area contributed by atoms with Gasteiger partial charge in [-0.15, -0.1) is 7.77 Å². The second-order valence-corrected chi connectivity index (χ2v) is 10.4. The summed E-state index contributed by atoms with van der Waals surface area (Å²) in [7, 11) is 0. The van der Waals surface area contributed by atoms with Crippen LogP contribution < -0.4 is 3.71 Å². The molecule has 0 amide bonds. The molecule has 2 fully saturated rings. The number of carbonyl (C=O) groups is 1. The van der Waals surface area contributed by atoms with Crippen molar-refractivity contribution in [2.75, 3.05) is 3.71 Å². The fraction of sp³-hybridized carbons (Fsp3) is 0.350. The lowest BCUT2D eigenvalue weighted by Crippen LogP contribution is -2.27. The van der Waals surface area contributed by atoms with Gasteiger partial charge in [-0.2, -0.15) is 13.3 Å². The van der Waals surface area contributed by atoms with E-state index < -0.39 is 0 Å². The van der Waals surface area contributed by atoms with Crippen LogP contribution in [0.25, 0.3) is 16.8 Å². The van der Waals surface area contributed by atoms with E-state index in [1.807, 2.05) is 0 Å². The fourth-order valence-corrected chi connectivity index (χ4v) is 6.83. The minimum Gasteiger partial charge on any atom is -0.296 e. The summed E-state index contributed by atoms with van der Waals surface area (Å²) < 4.78 is 30.0. The third-order valence-corrected chi connectivity index (χ3v) is 8.44. The van der Waals surface area contributed by atoms with Crippen molar-refractivity contribution < 1.29 is 12.6 Å². The first-order chi connectivity index (χ1) is 16.1. The molecular formula is C20H16BBrF2N6OS2. The number of hydrogen-bond donors (Lipinski definition) is 0. The Labute approximate surface area is 206 Å². The van der Waals surface area contributed by atoms with E-state index in [1.165, 1.54) is 4.52 Å². The SMILES string of the molecule is N#CB1C2CCC1CC(c1nc3c(-c4ccc(C=O)nc4)cnn3c(N(SF)SF)c1Br)C2. The van der Waals surface area contributed by atoms with E-state index in [0.29, 0.717) is 50.6 Å². The third kappa shape index (κ3) is 3.82. The Balaban J connectivity index is 1.67. The Morgan fingerprint density at radius 2 is 1.97 bits per heavy atom. The number of fused-ring (bicyclic) bond motifs is 3. The zero-order chi connectivity index (χ0) is 23.1. The number of rotatable bonds is 6. The summed E-state index contributed by atoms with van der Waals surface area (Å²) >= 11 is 3.04. The summed E-state index contributed by atoms with van der Waals surface area (Å²) in [6.45, 7) is 0.0652. The molecule has 0 radical (unpaired) electrons. The molecule has 0 aromatic carbocycles. The van der Waals surface area contributed by atoms with Crippen LogP contribution in [0.5, 0.6) is 0 Å². The maximum atomic E-state index is 13.7. The molecule has 13 heteroatoms. The van der Waals surface area contributed by atoms with Gasteiger partial charge < -0.3 is 0 Å². The van der Waals surface area contributed by atoms with Crippen molar-refractivity contribution in [2.24, 2.45) is 0 Å².